The molecular weight excluding hydrogens is 240 g/mol. The summed E-state index contributed by atoms with van der Waals surface area (Å²) in [4.78, 5) is 8.33. The fourth-order valence-corrected chi connectivity index (χ4v) is 0. The molecule has 0 heterocycles. The Morgan fingerprint density at radius 3 is 1.33 bits per heavy atom. The van der Waals surface area contributed by atoms with Crippen molar-refractivity contribution >= 4 is 6.16 Å². The molecule has 0 aliphatic carbocycles. The van der Waals surface area contributed by atoms with Gasteiger partial charge in [0.1, 0.15) is 0 Å². The van der Waals surface area contributed by atoms with E-state index in [4.69, 9.17) is 15.0 Å². The van der Waals surface area contributed by atoms with Gasteiger partial charge in [0.15, 0.2) is 0 Å². The van der Waals surface area contributed by atoms with Crippen molar-refractivity contribution in [3.05, 3.63) is 0 Å². The van der Waals surface area contributed by atoms with E-state index in [1.165, 1.54) is 0 Å². The molecule has 0 bridgehead atoms. The van der Waals surface area contributed by atoms with Crippen molar-refractivity contribution in [1.82, 2.24) is 0 Å². The standard InChI is InChI=1S/CH2O3.Y.Zr/c2-1(3)4;;/h(H2,2,3,4);;/q;+3;+4/p-2. The maximum atomic E-state index is 8.33. The van der Waals surface area contributed by atoms with Gasteiger partial charge < -0.3 is 15.0 Å². The summed E-state index contributed by atoms with van der Waals surface area (Å²) >= 11 is 0. The van der Waals surface area contributed by atoms with E-state index in [0.717, 1.165) is 0 Å². The summed E-state index contributed by atoms with van der Waals surface area (Å²) in [5.74, 6) is 0. The van der Waals surface area contributed by atoms with E-state index in [0.29, 0.717) is 0 Å². The van der Waals surface area contributed by atoms with Gasteiger partial charge in [-0.25, -0.2) is 0 Å². The van der Waals surface area contributed by atoms with Gasteiger partial charge in [-0.05, 0) is 6.16 Å². The molecule has 0 N–H and O–H groups in total. The molecule has 0 fully saturated rings. The predicted molar refractivity (Wildman–Crippen MR) is 5.40 cm³/mol. The number of rotatable bonds is 0. The minimum absolute atomic E-state index is 0. The molecule has 0 spiro atoms. The molecule has 0 saturated heterocycles. The Hall–Kier alpha value is 1.26. The van der Waals surface area contributed by atoms with Gasteiger partial charge in [-0.3, -0.25) is 0 Å². The van der Waals surface area contributed by atoms with Crippen LogP contribution in [0.5, 0.6) is 0 Å². The zero-order valence-electron chi connectivity index (χ0n) is 2.80. The van der Waals surface area contributed by atoms with E-state index in [2.05, 4.69) is 0 Å². The molecule has 0 aromatic carbocycles. The first-order chi connectivity index (χ1) is 1.73. The summed E-state index contributed by atoms with van der Waals surface area (Å²) < 4.78 is 0. The van der Waals surface area contributed by atoms with Crippen LogP contribution in [0.3, 0.4) is 0 Å². The molecule has 5 heteroatoms. The second-order valence-corrected chi connectivity index (χ2v) is 0.250. The minimum Gasteiger partial charge on any atom is -0.652 e. The van der Waals surface area contributed by atoms with Gasteiger partial charge in [0.2, 0.25) is 0 Å². The van der Waals surface area contributed by atoms with Crippen molar-refractivity contribution in [2.75, 3.05) is 0 Å². The number of hydrogen-bond acceptors (Lipinski definition) is 3. The first-order valence-corrected chi connectivity index (χ1v) is 0.612. The van der Waals surface area contributed by atoms with Crippen molar-refractivity contribution < 1.29 is 73.9 Å². The zero-order valence-corrected chi connectivity index (χ0v) is 8.10. The van der Waals surface area contributed by atoms with E-state index in [1.807, 2.05) is 0 Å². The van der Waals surface area contributed by atoms with Crippen molar-refractivity contribution in [2.24, 2.45) is 0 Å². The van der Waals surface area contributed by atoms with Crippen LogP contribution >= 0.6 is 0 Å². The Morgan fingerprint density at radius 1 is 1.33 bits per heavy atom. The SMILES string of the molecule is O=C([O-])[O-].[Y+3].[Zr+4]. The largest absolute Gasteiger partial charge is 4.00 e. The first kappa shape index (κ1) is 15.7. The number of hydrogen-bond donors (Lipinski definition) is 0. The Kier molecular flexibility index (Phi) is 24.9. The Morgan fingerprint density at radius 2 is 1.33 bits per heavy atom. The molecular formula is CO3YZr+5. The van der Waals surface area contributed by atoms with Crippen LogP contribution < -0.4 is 10.2 Å². The van der Waals surface area contributed by atoms with Crippen LogP contribution in [-0.4, -0.2) is 6.16 Å². The molecule has 0 saturated carbocycles. The topological polar surface area (TPSA) is 63.2 Å². The van der Waals surface area contributed by atoms with Gasteiger partial charge in [0, 0.05) is 0 Å². The summed E-state index contributed by atoms with van der Waals surface area (Å²) in [7, 11) is 0. The second-order valence-electron chi connectivity index (χ2n) is 0.250. The predicted octanol–water partition coefficient (Wildman–Crippen LogP) is -2.45. The summed E-state index contributed by atoms with van der Waals surface area (Å²) in [6, 6.07) is 0. The molecule has 0 radical (unpaired) electrons. The third-order valence-corrected chi connectivity index (χ3v) is 0. The molecule has 0 unspecified atom stereocenters. The molecule has 0 aliphatic rings. The van der Waals surface area contributed by atoms with Crippen molar-refractivity contribution in [1.29, 1.82) is 0 Å². The van der Waals surface area contributed by atoms with Gasteiger partial charge in [0.25, 0.3) is 0 Å². The van der Waals surface area contributed by atoms with Gasteiger partial charge in [-0.2, -0.15) is 0 Å². The normalized spacial score (nSPS) is 4.00. The van der Waals surface area contributed by atoms with Crippen LogP contribution in [0.2, 0.25) is 0 Å². The van der Waals surface area contributed by atoms with Crippen molar-refractivity contribution in [3.8, 4) is 0 Å². The van der Waals surface area contributed by atoms with Crippen LogP contribution in [0.25, 0.3) is 0 Å². The first-order valence-electron chi connectivity index (χ1n) is 0.612. The van der Waals surface area contributed by atoms with Gasteiger partial charge in [-0.15, -0.1) is 0 Å². The Labute approximate surface area is 79.1 Å². The maximum absolute atomic E-state index is 8.33. The molecule has 0 aliphatic heterocycles. The van der Waals surface area contributed by atoms with E-state index in [1.54, 1.807) is 0 Å². The molecule has 6 heavy (non-hydrogen) atoms. The van der Waals surface area contributed by atoms with Gasteiger partial charge >= 0.3 is 58.9 Å². The third kappa shape index (κ3) is 60.3. The smallest absolute Gasteiger partial charge is 0.652 e. The number of carbonyl (C=O) groups is 1. The van der Waals surface area contributed by atoms with Crippen LogP contribution in [0.1, 0.15) is 0 Å². The molecule has 0 aromatic heterocycles. The van der Waals surface area contributed by atoms with E-state index < -0.39 is 6.16 Å². The molecule has 0 atom stereocenters. The average Bonchev–Trinajstić information content (AvgIpc) is 0.811. The van der Waals surface area contributed by atoms with Crippen LogP contribution in [-0.2, 0) is 58.9 Å². The second kappa shape index (κ2) is 9.54. The minimum atomic E-state index is -2.33. The summed E-state index contributed by atoms with van der Waals surface area (Å²) in [5.41, 5.74) is 0. The van der Waals surface area contributed by atoms with E-state index in [9.17, 15) is 0 Å². The molecule has 3 nitrogen and oxygen atoms in total. The molecule has 24 valence electrons. The fraction of sp³-hybridized carbons (Fsp3) is 0. The number of carboxylic acid groups (broad SMARTS) is 2. The maximum Gasteiger partial charge on any atom is 4.00 e. The van der Waals surface area contributed by atoms with Crippen molar-refractivity contribution in [2.45, 2.75) is 0 Å². The van der Waals surface area contributed by atoms with E-state index in [-0.39, 0.29) is 58.9 Å². The van der Waals surface area contributed by atoms with Gasteiger partial charge in [0.05, 0.1) is 0 Å². The summed E-state index contributed by atoms with van der Waals surface area (Å²) in [6.07, 6.45) is -2.33. The van der Waals surface area contributed by atoms with Crippen LogP contribution in [0.15, 0.2) is 0 Å². The Balaban J connectivity index is -0.0000000450. The fourth-order valence-electron chi connectivity index (χ4n) is 0. The summed E-state index contributed by atoms with van der Waals surface area (Å²) in [6.45, 7) is 0. The quantitative estimate of drug-likeness (QED) is 0.472. The molecule has 0 rings (SSSR count). The number of carbonyl (C=O) groups excluding carboxylic acids is 1. The summed E-state index contributed by atoms with van der Waals surface area (Å²) in [5, 5.41) is 16.7. The molecule has 0 aromatic rings. The van der Waals surface area contributed by atoms with Crippen LogP contribution in [0.4, 0.5) is 4.79 Å². The Bertz CT molecular complexity index is 33.8. The average molecular weight is 240 g/mol. The molecule has 0 amide bonds. The van der Waals surface area contributed by atoms with Crippen LogP contribution in [0, 0.1) is 0 Å². The monoisotopic (exact) mass is 239 g/mol. The van der Waals surface area contributed by atoms with Crippen molar-refractivity contribution in [3.63, 3.8) is 0 Å². The third-order valence-electron chi connectivity index (χ3n) is 0. The zero-order chi connectivity index (χ0) is 3.58. The van der Waals surface area contributed by atoms with E-state index >= 15 is 0 Å². The van der Waals surface area contributed by atoms with Gasteiger partial charge in [-0.1, -0.05) is 0 Å².